The highest BCUT2D eigenvalue weighted by Crippen LogP contribution is 2.22. The Morgan fingerprint density at radius 2 is 1.35 bits per heavy atom. The third-order valence-corrected chi connectivity index (χ3v) is 5.47. The molecule has 0 heterocycles. The van der Waals surface area contributed by atoms with Crippen LogP contribution < -0.4 is 0 Å². The van der Waals surface area contributed by atoms with Gasteiger partial charge in [0.2, 0.25) is 0 Å². The summed E-state index contributed by atoms with van der Waals surface area (Å²) in [4.78, 5) is 25.3. The van der Waals surface area contributed by atoms with Crippen molar-refractivity contribution in [2.24, 2.45) is 5.92 Å². The van der Waals surface area contributed by atoms with Crippen molar-refractivity contribution in [1.29, 1.82) is 0 Å². The van der Waals surface area contributed by atoms with Crippen molar-refractivity contribution in [3.63, 3.8) is 0 Å². The maximum Gasteiger partial charge on any atom is 0.309 e. The Labute approximate surface area is 202 Å². The third-order valence-electron chi connectivity index (χ3n) is 5.47. The van der Waals surface area contributed by atoms with E-state index in [0.29, 0.717) is 6.42 Å². The summed E-state index contributed by atoms with van der Waals surface area (Å²) in [5.41, 5.74) is 3.90. The summed E-state index contributed by atoms with van der Waals surface area (Å²) in [5, 5.41) is 0. The number of hydrogen-bond acceptors (Lipinski definition) is 4. The number of carbonyl (C=O) groups is 2. The van der Waals surface area contributed by atoms with Crippen LogP contribution in [0.4, 0.5) is 0 Å². The molecule has 4 heteroatoms. The van der Waals surface area contributed by atoms with Crippen LogP contribution in [-0.2, 0) is 32.1 Å². The minimum absolute atomic E-state index is 0.0256. The SMILES string of the molecule is CC(C)(C)OC(=O)CC(CCCc1ccc(-c2ccccc2)cc1)C(=O)OCc1ccccc1. The highest BCUT2D eigenvalue weighted by atomic mass is 16.6. The number of benzene rings is 3. The monoisotopic (exact) mass is 458 g/mol. The standard InChI is InChI=1S/C30H34O4/c1-30(2,3)34-28(31)21-27(29(32)33-22-24-11-6-4-7-12-24)16-10-13-23-17-19-26(20-18-23)25-14-8-5-9-15-25/h4-9,11-12,14-15,17-20,27H,10,13,16,21-22H2,1-3H3. The fraction of sp³-hybridized carbons (Fsp3) is 0.333. The summed E-state index contributed by atoms with van der Waals surface area (Å²) in [6.45, 7) is 5.68. The Hall–Kier alpha value is -3.40. The second-order valence-corrected chi connectivity index (χ2v) is 9.54. The number of rotatable bonds is 10. The first-order valence-corrected chi connectivity index (χ1v) is 11.9. The minimum Gasteiger partial charge on any atom is -0.461 e. The van der Waals surface area contributed by atoms with E-state index in [1.54, 1.807) is 0 Å². The molecule has 0 radical (unpaired) electrons. The minimum atomic E-state index is -0.587. The highest BCUT2D eigenvalue weighted by molar-refractivity contribution is 5.80. The first-order chi connectivity index (χ1) is 16.3. The molecule has 1 atom stereocenters. The van der Waals surface area contributed by atoms with Gasteiger partial charge < -0.3 is 9.47 Å². The number of aryl methyl sites for hydroxylation is 1. The number of hydrogen-bond donors (Lipinski definition) is 0. The maximum absolute atomic E-state index is 12.8. The van der Waals surface area contributed by atoms with E-state index in [-0.39, 0.29) is 25.0 Å². The van der Waals surface area contributed by atoms with Crippen molar-refractivity contribution in [1.82, 2.24) is 0 Å². The molecule has 0 fully saturated rings. The van der Waals surface area contributed by atoms with Gasteiger partial charge in [0, 0.05) is 0 Å². The first kappa shape index (κ1) is 25.2. The van der Waals surface area contributed by atoms with Gasteiger partial charge >= 0.3 is 11.9 Å². The predicted molar refractivity (Wildman–Crippen MR) is 135 cm³/mol. The zero-order valence-corrected chi connectivity index (χ0v) is 20.3. The molecule has 0 aliphatic carbocycles. The van der Waals surface area contributed by atoms with Crippen LogP contribution in [0.2, 0.25) is 0 Å². The van der Waals surface area contributed by atoms with Crippen LogP contribution in [0, 0.1) is 5.92 Å². The Morgan fingerprint density at radius 3 is 1.97 bits per heavy atom. The molecule has 3 aromatic carbocycles. The van der Waals surface area contributed by atoms with Gasteiger partial charge in [-0.05, 0) is 62.3 Å². The van der Waals surface area contributed by atoms with E-state index in [1.807, 2.05) is 69.3 Å². The smallest absolute Gasteiger partial charge is 0.309 e. The molecule has 0 spiro atoms. The van der Waals surface area contributed by atoms with Gasteiger partial charge in [-0.1, -0.05) is 84.9 Å². The molecule has 0 N–H and O–H groups in total. The fourth-order valence-corrected chi connectivity index (χ4v) is 3.78. The zero-order chi connectivity index (χ0) is 24.4. The van der Waals surface area contributed by atoms with E-state index >= 15 is 0 Å². The van der Waals surface area contributed by atoms with Gasteiger partial charge in [0.05, 0.1) is 12.3 Å². The zero-order valence-electron chi connectivity index (χ0n) is 20.3. The van der Waals surface area contributed by atoms with E-state index in [1.165, 1.54) is 16.7 Å². The summed E-state index contributed by atoms with van der Waals surface area (Å²) in [5.74, 6) is -1.25. The number of esters is 2. The van der Waals surface area contributed by atoms with Crippen molar-refractivity contribution >= 4 is 11.9 Å². The third kappa shape index (κ3) is 8.51. The quantitative estimate of drug-likeness (QED) is 0.315. The largest absolute Gasteiger partial charge is 0.461 e. The second kappa shape index (κ2) is 12.2. The molecule has 4 nitrogen and oxygen atoms in total. The molecule has 0 aromatic heterocycles. The summed E-state index contributed by atoms with van der Waals surface area (Å²) in [6, 6.07) is 28.3. The van der Waals surface area contributed by atoms with E-state index in [4.69, 9.17) is 9.47 Å². The van der Waals surface area contributed by atoms with E-state index < -0.39 is 11.5 Å². The summed E-state index contributed by atoms with van der Waals surface area (Å²) >= 11 is 0. The average molecular weight is 459 g/mol. The van der Waals surface area contributed by atoms with Crippen molar-refractivity contribution in [2.45, 2.75) is 58.7 Å². The predicted octanol–water partition coefficient (Wildman–Crippen LogP) is 6.77. The van der Waals surface area contributed by atoms with E-state index in [2.05, 4.69) is 36.4 Å². The number of carbonyl (C=O) groups excluding carboxylic acids is 2. The van der Waals surface area contributed by atoms with Gasteiger partial charge in [0.15, 0.2) is 0 Å². The second-order valence-electron chi connectivity index (χ2n) is 9.54. The molecular formula is C30H34O4. The molecule has 34 heavy (non-hydrogen) atoms. The topological polar surface area (TPSA) is 52.6 Å². The Morgan fingerprint density at radius 1 is 0.765 bits per heavy atom. The lowest BCUT2D eigenvalue weighted by molar-refractivity contribution is -0.162. The van der Waals surface area contributed by atoms with Crippen molar-refractivity contribution in [2.75, 3.05) is 0 Å². The molecule has 3 rings (SSSR count). The lowest BCUT2D eigenvalue weighted by Gasteiger charge is -2.22. The lowest BCUT2D eigenvalue weighted by Crippen LogP contribution is -2.28. The normalized spacial score (nSPS) is 12.1. The molecule has 0 amide bonds. The van der Waals surface area contributed by atoms with Gasteiger partial charge in [-0.2, -0.15) is 0 Å². The van der Waals surface area contributed by atoms with E-state index in [9.17, 15) is 9.59 Å². The molecule has 0 aliphatic rings. The van der Waals surface area contributed by atoms with Gasteiger partial charge in [-0.15, -0.1) is 0 Å². The maximum atomic E-state index is 12.8. The molecule has 178 valence electrons. The van der Waals surface area contributed by atoms with Gasteiger partial charge in [0.1, 0.15) is 12.2 Å². The molecule has 1 unspecified atom stereocenters. The van der Waals surface area contributed by atoms with Crippen LogP contribution in [0.25, 0.3) is 11.1 Å². The molecule has 0 saturated carbocycles. The Bertz CT molecular complexity index is 1030. The lowest BCUT2D eigenvalue weighted by atomic mass is 9.95. The Kier molecular flexibility index (Phi) is 9.03. The summed E-state index contributed by atoms with van der Waals surface area (Å²) in [6.07, 6.45) is 2.19. The van der Waals surface area contributed by atoms with Crippen LogP contribution in [0.5, 0.6) is 0 Å². The molecule has 0 bridgehead atoms. The summed E-state index contributed by atoms with van der Waals surface area (Å²) in [7, 11) is 0. The highest BCUT2D eigenvalue weighted by Gasteiger charge is 2.26. The fourth-order valence-electron chi connectivity index (χ4n) is 3.78. The molecule has 3 aromatic rings. The Balaban J connectivity index is 1.57. The van der Waals surface area contributed by atoms with Crippen LogP contribution in [0.3, 0.4) is 0 Å². The number of ether oxygens (including phenoxy) is 2. The molecule has 0 saturated heterocycles. The van der Waals surface area contributed by atoms with Crippen molar-refractivity contribution in [3.05, 3.63) is 96.1 Å². The molecule has 0 aliphatic heterocycles. The van der Waals surface area contributed by atoms with Crippen LogP contribution in [-0.4, -0.2) is 17.5 Å². The van der Waals surface area contributed by atoms with Crippen LogP contribution in [0.15, 0.2) is 84.9 Å². The van der Waals surface area contributed by atoms with Crippen LogP contribution >= 0.6 is 0 Å². The molecular weight excluding hydrogens is 424 g/mol. The summed E-state index contributed by atoms with van der Waals surface area (Å²) < 4.78 is 11.0. The van der Waals surface area contributed by atoms with Gasteiger partial charge in [0.25, 0.3) is 0 Å². The van der Waals surface area contributed by atoms with Gasteiger partial charge in [-0.25, -0.2) is 0 Å². The van der Waals surface area contributed by atoms with E-state index in [0.717, 1.165) is 18.4 Å². The average Bonchev–Trinajstić information content (AvgIpc) is 2.82. The first-order valence-electron chi connectivity index (χ1n) is 11.9. The van der Waals surface area contributed by atoms with Crippen molar-refractivity contribution in [3.8, 4) is 11.1 Å². The van der Waals surface area contributed by atoms with Crippen LogP contribution in [0.1, 0.15) is 51.2 Å². The van der Waals surface area contributed by atoms with Gasteiger partial charge in [-0.3, -0.25) is 9.59 Å². The van der Waals surface area contributed by atoms with Crippen molar-refractivity contribution < 1.29 is 19.1 Å².